The third-order valence-electron chi connectivity index (χ3n) is 13.2. The summed E-state index contributed by atoms with van der Waals surface area (Å²) >= 11 is 0. The Bertz CT molecular complexity index is 2000. The highest BCUT2D eigenvalue weighted by Gasteiger charge is 2.44. The monoisotopic (exact) mass is 937 g/mol. The van der Waals surface area contributed by atoms with Crippen molar-refractivity contribution in [2.45, 2.75) is 183 Å². The molecule has 1 heterocycles. The summed E-state index contributed by atoms with van der Waals surface area (Å²) in [5, 5.41) is 21.1. The molecule has 0 aliphatic carbocycles. The van der Waals surface area contributed by atoms with Gasteiger partial charge in [0, 0.05) is 49.0 Å². The molecular weight excluding hydrogens is 853 g/mol. The molecule has 0 bridgehead atoms. The number of nitro groups is 1. The Balaban J connectivity index is 1.81. The summed E-state index contributed by atoms with van der Waals surface area (Å²) in [6.07, 6.45) is 1.83. The van der Waals surface area contributed by atoms with Crippen molar-refractivity contribution in [3.8, 4) is 11.1 Å². The minimum absolute atomic E-state index is 0.0242. The molecule has 3 rings (SSSR count). The highest BCUT2D eigenvalue weighted by molar-refractivity contribution is 5.87. The summed E-state index contributed by atoms with van der Waals surface area (Å²) in [4.78, 5) is 66.9. The van der Waals surface area contributed by atoms with E-state index >= 15 is 0 Å². The zero-order valence-electron chi connectivity index (χ0n) is 43.8. The Hall–Kier alpha value is -4.76. The van der Waals surface area contributed by atoms with Gasteiger partial charge in [-0.25, -0.2) is 4.79 Å². The molecule has 2 aromatic carbocycles. The van der Waals surface area contributed by atoms with Crippen molar-refractivity contribution in [3.05, 3.63) is 58.1 Å². The van der Waals surface area contributed by atoms with Gasteiger partial charge in [-0.15, -0.1) is 0 Å². The third kappa shape index (κ3) is 16.8. The van der Waals surface area contributed by atoms with E-state index in [-0.39, 0.29) is 28.7 Å². The molecule has 15 heteroatoms. The van der Waals surface area contributed by atoms with Crippen molar-refractivity contribution in [2.75, 3.05) is 37.7 Å². The minimum atomic E-state index is -1.17. The fourth-order valence-electron chi connectivity index (χ4n) is 9.98. The normalized spacial score (nSPS) is 15.4. The number of carbonyl (C=O) groups excluding carboxylic acids is 4. The first-order chi connectivity index (χ1) is 30.6. The van der Waals surface area contributed by atoms with Gasteiger partial charge < -0.3 is 40.0 Å². The molecular formula is C52H84N6O9. The lowest BCUT2D eigenvalue weighted by Gasteiger charge is -2.44. The van der Waals surface area contributed by atoms with E-state index in [2.05, 4.69) is 62.4 Å². The number of hydrogen-bond donors (Lipinski definition) is 3. The number of carbonyl (C=O) groups is 4. The van der Waals surface area contributed by atoms with Crippen molar-refractivity contribution in [1.82, 2.24) is 20.9 Å². The van der Waals surface area contributed by atoms with Crippen LogP contribution in [-0.2, 0) is 28.6 Å². The summed E-state index contributed by atoms with van der Waals surface area (Å²) in [5.74, 6) is 0.0719. The van der Waals surface area contributed by atoms with Crippen LogP contribution >= 0.6 is 0 Å². The Morgan fingerprint density at radius 3 is 1.91 bits per heavy atom. The maximum absolute atomic E-state index is 14.6. The van der Waals surface area contributed by atoms with Crippen LogP contribution in [0.3, 0.4) is 0 Å². The fraction of sp³-hybridized carbons (Fsp3) is 0.692. The van der Waals surface area contributed by atoms with Crippen LogP contribution in [-0.4, -0.2) is 101 Å². The standard InChI is InChI=1S/C52H84N6O9/c1-36(2)31-47(6,7)52(16,17)65-29-24-50(12,13)67-51(14,15)33-49(10,11)55-44(61)43(46(4,5)32-48(8,9)53-34-59)54-45(62)66-37(3)41-30-39(20-23-42(41)58(63)64)38-18-21-40(22-19-38)57-27-25-56(35-60)26-28-57/h18-23,30,34-37,43H,24-29,31-33H2,1-17H3,(H,53,59)(H,54,62)(H,55,61). The van der Waals surface area contributed by atoms with Crippen LogP contribution in [0.25, 0.3) is 11.1 Å². The summed E-state index contributed by atoms with van der Waals surface area (Å²) < 4.78 is 19.1. The molecule has 15 nitrogen and oxygen atoms in total. The van der Waals surface area contributed by atoms with E-state index < -0.39 is 56.8 Å². The van der Waals surface area contributed by atoms with Crippen LogP contribution in [0, 0.1) is 26.9 Å². The molecule has 3 N–H and O–H groups in total. The first-order valence-corrected chi connectivity index (χ1v) is 23.8. The smallest absolute Gasteiger partial charge is 0.408 e. The van der Waals surface area contributed by atoms with Crippen molar-refractivity contribution >= 4 is 36.2 Å². The number of ether oxygens (including phenoxy) is 3. The molecule has 1 fully saturated rings. The zero-order valence-corrected chi connectivity index (χ0v) is 43.8. The molecule has 2 unspecified atom stereocenters. The molecule has 0 spiro atoms. The van der Waals surface area contributed by atoms with Gasteiger partial charge in [0.15, 0.2) is 0 Å². The molecule has 2 aromatic rings. The van der Waals surface area contributed by atoms with Gasteiger partial charge >= 0.3 is 6.09 Å². The predicted molar refractivity (Wildman–Crippen MR) is 266 cm³/mol. The fourth-order valence-corrected chi connectivity index (χ4v) is 9.98. The first kappa shape index (κ1) is 56.6. The summed E-state index contributed by atoms with van der Waals surface area (Å²) in [6.45, 7) is 37.2. The molecule has 4 amide bonds. The van der Waals surface area contributed by atoms with E-state index in [1.54, 1.807) is 24.0 Å². The first-order valence-electron chi connectivity index (χ1n) is 23.8. The van der Waals surface area contributed by atoms with Gasteiger partial charge in [0.05, 0.1) is 33.9 Å². The summed E-state index contributed by atoms with van der Waals surface area (Å²) in [5.41, 5.74) is -1.70. The SMILES string of the molecule is CC(C)CC(C)(C)C(C)(C)OCCC(C)(C)OC(C)(C)CC(C)(C)NC(=O)C(NC(=O)OC(C)c1cc(-c2ccc(N3CCN(C=O)CC3)cc2)ccc1[N+](=O)[O-])C(C)(C)CC(C)(C)NC=O. The van der Waals surface area contributed by atoms with Crippen molar-refractivity contribution < 1.29 is 38.3 Å². The number of nitro benzene ring substituents is 1. The molecule has 0 aromatic heterocycles. The van der Waals surface area contributed by atoms with E-state index in [0.29, 0.717) is 63.5 Å². The van der Waals surface area contributed by atoms with E-state index in [1.807, 2.05) is 93.5 Å². The van der Waals surface area contributed by atoms with Gasteiger partial charge in [0.25, 0.3) is 5.69 Å². The summed E-state index contributed by atoms with van der Waals surface area (Å²) in [6, 6.07) is 11.3. The highest BCUT2D eigenvalue weighted by Crippen LogP contribution is 2.41. The topological polar surface area (TPSA) is 182 Å². The van der Waals surface area contributed by atoms with Crippen molar-refractivity contribution in [3.63, 3.8) is 0 Å². The number of nitrogens with one attached hydrogen (secondary N) is 3. The lowest BCUT2D eigenvalue weighted by atomic mass is 9.72. The van der Waals surface area contributed by atoms with Crippen LogP contribution in [0.1, 0.15) is 155 Å². The number of piperazine rings is 1. The molecule has 1 aliphatic rings. The Kier molecular flexibility index (Phi) is 18.7. The van der Waals surface area contributed by atoms with Gasteiger partial charge in [0.1, 0.15) is 12.1 Å². The molecule has 376 valence electrons. The second kappa shape index (κ2) is 22.1. The lowest BCUT2D eigenvalue weighted by Crippen LogP contribution is -2.61. The number of nitrogens with zero attached hydrogens (tertiary/aromatic N) is 3. The number of anilines is 1. The number of rotatable bonds is 25. The van der Waals surface area contributed by atoms with Gasteiger partial charge in [-0.3, -0.25) is 24.5 Å². The molecule has 67 heavy (non-hydrogen) atoms. The number of alkyl carbamates (subject to hydrolysis) is 1. The molecule has 2 atom stereocenters. The van der Waals surface area contributed by atoms with E-state index in [4.69, 9.17) is 14.2 Å². The molecule has 1 aliphatic heterocycles. The van der Waals surface area contributed by atoms with Crippen LogP contribution in [0.2, 0.25) is 0 Å². The van der Waals surface area contributed by atoms with Gasteiger partial charge in [-0.2, -0.15) is 0 Å². The Labute approximate surface area is 401 Å². The van der Waals surface area contributed by atoms with Crippen LogP contribution in [0.5, 0.6) is 0 Å². The van der Waals surface area contributed by atoms with Crippen molar-refractivity contribution in [2.24, 2.45) is 16.7 Å². The van der Waals surface area contributed by atoms with Crippen molar-refractivity contribution in [1.29, 1.82) is 0 Å². The van der Waals surface area contributed by atoms with Gasteiger partial charge in [0.2, 0.25) is 18.7 Å². The quantitative estimate of drug-likeness (QED) is 0.0493. The second-order valence-electron chi connectivity index (χ2n) is 23.4. The molecule has 0 radical (unpaired) electrons. The predicted octanol–water partition coefficient (Wildman–Crippen LogP) is 9.75. The maximum atomic E-state index is 14.6. The average Bonchev–Trinajstić information content (AvgIpc) is 3.17. The lowest BCUT2D eigenvalue weighted by molar-refractivity contribution is -0.386. The molecule has 0 saturated carbocycles. The zero-order chi connectivity index (χ0) is 51.0. The number of amides is 4. The van der Waals surface area contributed by atoms with Gasteiger partial charge in [-0.05, 0) is 154 Å². The van der Waals surface area contributed by atoms with E-state index in [1.165, 1.54) is 6.07 Å². The Morgan fingerprint density at radius 2 is 1.37 bits per heavy atom. The molecule has 1 saturated heterocycles. The third-order valence-corrected chi connectivity index (χ3v) is 13.2. The minimum Gasteiger partial charge on any atom is -0.441 e. The highest BCUT2D eigenvalue weighted by atomic mass is 16.6. The number of hydrogen-bond acceptors (Lipinski definition) is 10. The van der Waals surface area contributed by atoms with E-state index in [9.17, 15) is 29.3 Å². The summed E-state index contributed by atoms with van der Waals surface area (Å²) in [7, 11) is 0. The van der Waals surface area contributed by atoms with Crippen LogP contribution < -0.4 is 20.9 Å². The maximum Gasteiger partial charge on any atom is 0.408 e. The largest absolute Gasteiger partial charge is 0.441 e. The van der Waals surface area contributed by atoms with Crippen LogP contribution in [0.4, 0.5) is 16.2 Å². The Morgan fingerprint density at radius 1 is 0.791 bits per heavy atom. The number of benzene rings is 2. The van der Waals surface area contributed by atoms with Crippen LogP contribution in [0.15, 0.2) is 42.5 Å². The van der Waals surface area contributed by atoms with E-state index in [0.717, 1.165) is 24.1 Å². The van der Waals surface area contributed by atoms with Gasteiger partial charge in [-0.1, -0.05) is 53.7 Å². The average molecular weight is 937 g/mol. The second-order valence-corrected chi connectivity index (χ2v) is 23.4.